The van der Waals surface area contributed by atoms with Crippen LogP contribution < -0.4 is 5.56 Å². The van der Waals surface area contributed by atoms with E-state index in [0.29, 0.717) is 16.6 Å². The minimum Gasteiger partial charge on any atom is -0.341 e. The number of benzene rings is 1. The summed E-state index contributed by atoms with van der Waals surface area (Å²) >= 11 is 0. The van der Waals surface area contributed by atoms with Crippen molar-refractivity contribution in [2.45, 2.75) is 13.0 Å². The van der Waals surface area contributed by atoms with Crippen molar-refractivity contribution in [3.8, 4) is 6.07 Å². The number of amides is 1. The van der Waals surface area contributed by atoms with Crippen LogP contribution in [-0.4, -0.2) is 34.0 Å². The van der Waals surface area contributed by atoms with Crippen molar-refractivity contribution >= 4 is 16.9 Å². The number of hydrogen-bond donors (Lipinski definition) is 0. The molecule has 3 rings (SSSR count). The van der Waals surface area contributed by atoms with Crippen LogP contribution in [0.15, 0.2) is 53.5 Å². The van der Waals surface area contributed by atoms with Gasteiger partial charge in [-0.05, 0) is 35.9 Å². The number of pyridine rings is 2. The van der Waals surface area contributed by atoms with E-state index >= 15 is 0 Å². The lowest BCUT2D eigenvalue weighted by Gasteiger charge is -2.17. The second kappa shape index (κ2) is 7.79. The molecule has 136 valence electrons. The molecule has 2 heterocycles. The first-order chi connectivity index (χ1) is 13.0. The van der Waals surface area contributed by atoms with Crippen molar-refractivity contribution in [3.63, 3.8) is 0 Å². The molecule has 2 aromatic heterocycles. The Bertz CT molecular complexity index is 1080. The zero-order valence-electron chi connectivity index (χ0n) is 14.7. The number of hydrogen-bond acceptors (Lipinski definition) is 4. The molecule has 0 fully saturated rings. The summed E-state index contributed by atoms with van der Waals surface area (Å²) in [5.74, 6) is -0.814. The molecule has 0 aliphatic rings. The van der Waals surface area contributed by atoms with Gasteiger partial charge in [-0.15, -0.1) is 0 Å². The van der Waals surface area contributed by atoms with E-state index in [-0.39, 0.29) is 30.9 Å². The predicted molar refractivity (Wildman–Crippen MR) is 98.7 cm³/mol. The van der Waals surface area contributed by atoms with Crippen molar-refractivity contribution in [2.75, 3.05) is 13.6 Å². The van der Waals surface area contributed by atoms with Crippen molar-refractivity contribution < 1.29 is 9.18 Å². The van der Waals surface area contributed by atoms with E-state index in [1.807, 2.05) is 6.07 Å². The quantitative estimate of drug-likeness (QED) is 0.697. The van der Waals surface area contributed by atoms with E-state index in [0.717, 1.165) is 0 Å². The number of aromatic nitrogens is 2. The van der Waals surface area contributed by atoms with E-state index in [4.69, 9.17) is 5.26 Å². The molecule has 1 amide bonds. The first-order valence-electron chi connectivity index (χ1n) is 8.36. The maximum atomic E-state index is 13.2. The van der Waals surface area contributed by atoms with Gasteiger partial charge in [0.05, 0.1) is 19.0 Å². The number of carbonyl (C=O) groups is 1. The second-order valence-corrected chi connectivity index (χ2v) is 6.13. The molecule has 0 saturated carbocycles. The van der Waals surface area contributed by atoms with Gasteiger partial charge in [0.25, 0.3) is 11.5 Å². The summed E-state index contributed by atoms with van der Waals surface area (Å²) in [4.78, 5) is 31.3. The predicted octanol–water partition coefficient (Wildman–Crippen LogP) is 2.57. The molecule has 27 heavy (non-hydrogen) atoms. The van der Waals surface area contributed by atoms with Crippen LogP contribution in [0.3, 0.4) is 0 Å². The molecule has 0 bridgehead atoms. The zero-order valence-corrected chi connectivity index (χ0v) is 14.7. The number of nitriles is 1. The van der Waals surface area contributed by atoms with Crippen LogP contribution in [0.4, 0.5) is 4.39 Å². The number of halogens is 1. The largest absolute Gasteiger partial charge is 0.341 e. The smallest absolute Gasteiger partial charge is 0.265 e. The maximum Gasteiger partial charge on any atom is 0.265 e. The summed E-state index contributed by atoms with van der Waals surface area (Å²) in [7, 11) is 1.55. The highest BCUT2D eigenvalue weighted by Crippen LogP contribution is 2.14. The van der Waals surface area contributed by atoms with Crippen molar-refractivity contribution in [1.29, 1.82) is 5.26 Å². The third-order valence-electron chi connectivity index (χ3n) is 4.24. The highest BCUT2D eigenvalue weighted by Gasteiger charge is 2.19. The fourth-order valence-electron chi connectivity index (χ4n) is 2.80. The molecule has 3 aromatic rings. The van der Waals surface area contributed by atoms with E-state index in [1.165, 1.54) is 27.7 Å². The normalized spacial score (nSPS) is 10.6. The van der Waals surface area contributed by atoms with Gasteiger partial charge in [0.2, 0.25) is 0 Å². The maximum absolute atomic E-state index is 13.2. The summed E-state index contributed by atoms with van der Waals surface area (Å²) < 4.78 is 14.6. The number of rotatable bonds is 5. The van der Waals surface area contributed by atoms with E-state index < -0.39 is 11.5 Å². The molecule has 0 spiro atoms. The molecule has 0 aliphatic heterocycles. The molecule has 0 unspecified atom stereocenters. The molecule has 1 aromatic carbocycles. The fourth-order valence-corrected chi connectivity index (χ4v) is 2.80. The van der Waals surface area contributed by atoms with E-state index in [1.54, 1.807) is 37.5 Å². The van der Waals surface area contributed by atoms with Crippen LogP contribution in [-0.2, 0) is 6.54 Å². The second-order valence-electron chi connectivity index (χ2n) is 6.13. The van der Waals surface area contributed by atoms with Gasteiger partial charge >= 0.3 is 0 Å². The van der Waals surface area contributed by atoms with Gasteiger partial charge in [-0.2, -0.15) is 5.26 Å². The Morgan fingerprint density at radius 2 is 2.04 bits per heavy atom. The van der Waals surface area contributed by atoms with Crippen LogP contribution in [0.1, 0.15) is 22.3 Å². The number of fused-ring (bicyclic) bond motifs is 1. The van der Waals surface area contributed by atoms with E-state index in [2.05, 4.69) is 4.98 Å². The van der Waals surface area contributed by atoms with Crippen LogP contribution in [0, 0.1) is 17.1 Å². The van der Waals surface area contributed by atoms with Crippen LogP contribution in [0.5, 0.6) is 0 Å². The van der Waals surface area contributed by atoms with E-state index in [9.17, 15) is 14.0 Å². The molecule has 7 heteroatoms. The summed E-state index contributed by atoms with van der Waals surface area (Å²) in [6.07, 6.45) is 1.75. The molecular weight excluding hydrogens is 347 g/mol. The van der Waals surface area contributed by atoms with Gasteiger partial charge in [0.1, 0.15) is 17.0 Å². The number of carbonyl (C=O) groups excluding carboxylic acids is 1. The summed E-state index contributed by atoms with van der Waals surface area (Å²) in [5.41, 5.74) is 0.702. The molecular formula is C20H17FN4O2. The summed E-state index contributed by atoms with van der Waals surface area (Å²) in [6.45, 7) is 0.396. The standard InChI is InChI=1S/C20H17FN4O2/c1-24(11-3-9-22)19(26)17-12-15-4-2-10-23-18(15)25(20(17)27)13-14-5-7-16(21)8-6-14/h2,4-8,10,12H,3,11,13H2,1H3. The third kappa shape index (κ3) is 3.85. The van der Waals surface area contributed by atoms with Gasteiger partial charge < -0.3 is 4.90 Å². The average molecular weight is 364 g/mol. The van der Waals surface area contributed by atoms with Crippen LogP contribution >= 0.6 is 0 Å². The minimum absolute atomic E-state index is 0.0121. The highest BCUT2D eigenvalue weighted by atomic mass is 19.1. The molecule has 0 N–H and O–H groups in total. The summed E-state index contributed by atoms with van der Waals surface area (Å²) in [6, 6.07) is 12.8. The Balaban J connectivity index is 2.10. The third-order valence-corrected chi connectivity index (χ3v) is 4.24. The van der Waals surface area contributed by atoms with Crippen LogP contribution in [0.2, 0.25) is 0 Å². The zero-order chi connectivity index (χ0) is 19.4. The Labute approximate surface area is 155 Å². The Hall–Kier alpha value is -3.53. The molecule has 0 aliphatic carbocycles. The minimum atomic E-state index is -0.473. The first kappa shape index (κ1) is 18.3. The Morgan fingerprint density at radius 3 is 2.74 bits per heavy atom. The van der Waals surface area contributed by atoms with Gasteiger partial charge in [-0.1, -0.05) is 12.1 Å². The lowest BCUT2D eigenvalue weighted by Crippen LogP contribution is -2.35. The van der Waals surface area contributed by atoms with Crippen molar-refractivity contribution in [1.82, 2.24) is 14.5 Å². The number of nitrogens with zero attached hydrogens (tertiary/aromatic N) is 4. The molecule has 6 nitrogen and oxygen atoms in total. The van der Waals surface area contributed by atoms with Crippen molar-refractivity contribution in [2.24, 2.45) is 0 Å². The first-order valence-corrected chi connectivity index (χ1v) is 8.36. The Morgan fingerprint density at radius 1 is 1.30 bits per heavy atom. The van der Waals surface area contributed by atoms with Gasteiger partial charge in [0, 0.05) is 25.2 Å². The Kier molecular flexibility index (Phi) is 5.27. The lowest BCUT2D eigenvalue weighted by molar-refractivity contribution is 0.0796. The molecule has 0 radical (unpaired) electrons. The monoisotopic (exact) mass is 364 g/mol. The van der Waals surface area contributed by atoms with Crippen LogP contribution in [0.25, 0.3) is 11.0 Å². The van der Waals surface area contributed by atoms with Gasteiger partial charge in [-0.25, -0.2) is 9.37 Å². The topological polar surface area (TPSA) is 79.0 Å². The average Bonchev–Trinajstić information content (AvgIpc) is 2.69. The summed E-state index contributed by atoms with van der Waals surface area (Å²) in [5, 5.41) is 9.35. The van der Waals surface area contributed by atoms with Gasteiger partial charge in [-0.3, -0.25) is 14.2 Å². The molecule has 0 saturated heterocycles. The lowest BCUT2D eigenvalue weighted by atomic mass is 10.1. The highest BCUT2D eigenvalue weighted by molar-refractivity contribution is 5.96. The fraction of sp³-hybridized carbons (Fsp3) is 0.200. The van der Waals surface area contributed by atoms with Gasteiger partial charge in [0.15, 0.2) is 0 Å². The SMILES string of the molecule is CN(CCC#N)C(=O)c1cc2cccnc2n(Cc2ccc(F)cc2)c1=O. The molecule has 0 atom stereocenters. The van der Waals surface area contributed by atoms with Crippen molar-refractivity contribution in [3.05, 3.63) is 76.0 Å².